The molecule has 86 valence electrons. The van der Waals surface area contributed by atoms with Crippen LogP contribution in [0.2, 0.25) is 0 Å². The van der Waals surface area contributed by atoms with E-state index < -0.39 is 10.0 Å². The van der Waals surface area contributed by atoms with Crippen molar-refractivity contribution < 1.29 is 8.42 Å². The minimum atomic E-state index is -3.09. The Balaban J connectivity index is 3.95. The number of rotatable bonds is 7. The molecule has 5 heteroatoms. The average Bonchev–Trinajstić information content (AvgIpc) is 2.03. The van der Waals surface area contributed by atoms with Gasteiger partial charge in [0, 0.05) is 6.04 Å². The quantitative estimate of drug-likeness (QED) is 0.619. The van der Waals surface area contributed by atoms with Crippen LogP contribution in [0.4, 0.5) is 0 Å². The van der Waals surface area contributed by atoms with Crippen molar-refractivity contribution >= 4 is 10.0 Å². The van der Waals surface area contributed by atoms with Crippen LogP contribution in [0.25, 0.3) is 0 Å². The Hall–Kier alpha value is -0.130. The molecule has 0 bridgehead atoms. The predicted molar refractivity (Wildman–Crippen MR) is 59.8 cm³/mol. The standard InChI is InChI=1S/C9H22N2O2S/c1-8(2)9(3)11-14(12,13)7-5-6-10-4/h8-11H,5-7H2,1-4H3. The van der Waals surface area contributed by atoms with E-state index in [9.17, 15) is 8.42 Å². The average molecular weight is 222 g/mol. The molecule has 0 aliphatic carbocycles. The van der Waals surface area contributed by atoms with E-state index in [1.54, 1.807) is 0 Å². The summed E-state index contributed by atoms with van der Waals surface area (Å²) in [7, 11) is -1.27. The van der Waals surface area contributed by atoms with Crippen LogP contribution in [0.5, 0.6) is 0 Å². The summed E-state index contributed by atoms with van der Waals surface area (Å²) < 4.78 is 25.6. The van der Waals surface area contributed by atoms with Crippen LogP contribution in [0.3, 0.4) is 0 Å². The van der Waals surface area contributed by atoms with E-state index in [0.717, 1.165) is 6.54 Å². The van der Waals surface area contributed by atoms with Gasteiger partial charge in [0.25, 0.3) is 0 Å². The Kier molecular flexibility index (Phi) is 6.31. The van der Waals surface area contributed by atoms with Crippen LogP contribution >= 0.6 is 0 Å². The third kappa shape index (κ3) is 6.34. The summed E-state index contributed by atoms with van der Waals surface area (Å²) in [6.45, 7) is 6.62. The van der Waals surface area contributed by atoms with Gasteiger partial charge in [-0.05, 0) is 32.9 Å². The van der Waals surface area contributed by atoms with Crippen molar-refractivity contribution in [3.63, 3.8) is 0 Å². The van der Waals surface area contributed by atoms with Gasteiger partial charge in [0.05, 0.1) is 5.75 Å². The Morgan fingerprint density at radius 2 is 1.79 bits per heavy atom. The van der Waals surface area contributed by atoms with E-state index in [-0.39, 0.29) is 11.8 Å². The second-order valence-corrected chi connectivity index (χ2v) is 5.80. The molecule has 1 atom stereocenters. The Labute approximate surface area is 87.5 Å². The Morgan fingerprint density at radius 1 is 1.21 bits per heavy atom. The van der Waals surface area contributed by atoms with Crippen LogP contribution in [0, 0.1) is 5.92 Å². The lowest BCUT2D eigenvalue weighted by atomic mass is 10.1. The lowest BCUT2D eigenvalue weighted by molar-refractivity contribution is 0.476. The van der Waals surface area contributed by atoms with Crippen molar-refractivity contribution in [2.45, 2.75) is 33.2 Å². The molecule has 4 nitrogen and oxygen atoms in total. The molecule has 14 heavy (non-hydrogen) atoms. The molecule has 0 radical (unpaired) electrons. The predicted octanol–water partition coefficient (Wildman–Crippen LogP) is 0.560. The van der Waals surface area contributed by atoms with Crippen LogP contribution in [0.1, 0.15) is 27.2 Å². The van der Waals surface area contributed by atoms with Crippen molar-refractivity contribution in [1.82, 2.24) is 10.0 Å². The maximum atomic E-state index is 11.5. The fourth-order valence-corrected chi connectivity index (χ4v) is 2.40. The topological polar surface area (TPSA) is 58.2 Å². The highest BCUT2D eigenvalue weighted by atomic mass is 32.2. The maximum absolute atomic E-state index is 11.5. The van der Waals surface area contributed by atoms with E-state index >= 15 is 0 Å². The second kappa shape index (κ2) is 6.37. The van der Waals surface area contributed by atoms with Crippen LogP contribution in [0.15, 0.2) is 0 Å². The molecule has 0 aromatic heterocycles. The van der Waals surface area contributed by atoms with Gasteiger partial charge < -0.3 is 5.32 Å². The number of hydrogen-bond acceptors (Lipinski definition) is 3. The van der Waals surface area contributed by atoms with Crippen LogP contribution in [-0.4, -0.2) is 33.8 Å². The van der Waals surface area contributed by atoms with E-state index in [1.807, 2.05) is 27.8 Å². The third-order valence-corrected chi connectivity index (χ3v) is 3.76. The number of nitrogens with one attached hydrogen (secondary N) is 2. The van der Waals surface area contributed by atoms with E-state index in [4.69, 9.17) is 0 Å². The minimum absolute atomic E-state index is 0.00888. The summed E-state index contributed by atoms with van der Waals surface area (Å²) in [4.78, 5) is 0. The summed E-state index contributed by atoms with van der Waals surface area (Å²) in [6.07, 6.45) is 0.649. The van der Waals surface area contributed by atoms with E-state index in [2.05, 4.69) is 10.0 Å². The first-order valence-corrected chi connectivity index (χ1v) is 6.69. The molecule has 0 saturated carbocycles. The molecular formula is C9H22N2O2S. The van der Waals surface area contributed by atoms with Crippen LogP contribution < -0.4 is 10.0 Å². The van der Waals surface area contributed by atoms with Crippen molar-refractivity contribution in [2.75, 3.05) is 19.3 Å². The van der Waals surface area contributed by atoms with Crippen molar-refractivity contribution in [3.05, 3.63) is 0 Å². The summed E-state index contributed by atoms with van der Waals surface area (Å²) >= 11 is 0. The fourth-order valence-electron chi connectivity index (χ4n) is 0.917. The monoisotopic (exact) mass is 222 g/mol. The molecule has 0 rings (SSSR count). The van der Waals surface area contributed by atoms with Gasteiger partial charge in [0.1, 0.15) is 0 Å². The molecule has 0 aromatic rings. The van der Waals surface area contributed by atoms with Crippen molar-refractivity contribution in [2.24, 2.45) is 5.92 Å². The molecule has 0 aromatic carbocycles. The summed E-state index contributed by atoms with van der Waals surface area (Å²) in [6, 6.07) is 0.00888. The molecule has 1 unspecified atom stereocenters. The summed E-state index contributed by atoms with van der Waals surface area (Å²) in [5.74, 6) is 0.527. The zero-order valence-electron chi connectivity index (χ0n) is 9.50. The third-order valence-electron chi connectivity index (χ3n) is 2.21. The fraction of sp³-hybridized carbons (Fsp3) is 1.00. The number of hydrogen-bond donors (Lipinski definition) is 2. The molecular weight excluding hydrogens is 200 g/mol. The Bertz CT molecular complexity index is 237. The molecule has 0 aliphatic rings. The highest BCUT2D eigenvalue weighted by Crippen LogP contribution is 2.02. The van der Waals surface area contributed by atoms with Gasteiger partial charge in [-0.25, -0.2) is 13.1 Å². The maximum Gasteiger partial charge on any atom is 0.211 e. The van der Waals surface area contributed by atoms with Crippen molar-refractivity contribution in [1.29, 1.82) is 0 Å². The smallest absolute Gasteiger partial charge is 0.211 e. The number of sulfonamides is 1. The minimum Gasteiger partial charge on any atom is -0.320 e. The van der Waals surface area contributed by atoms with Gasteiger partial charge in [-0.1, -0.05) is 13.8 Å². The first-order chi connectivity index (χ1) is 6.39. The molecule has 0 fully saturated rings. The molecule has 0 spiro atoms. The first-order valence-electron chi connectivity index (χ1n) is 5.03. The molecule has 0 aliphatic heterocycles. The zero-order chi connectivity index (χ0) is 11.2. The van der Waals surface area contributed by atoms with Gasteiger partial charge in [0.15, 0.2) is 0 Å². The zero-order valence-corrected chi connectivity index (χ0v) is 10.3. The van der Waals surface area contributed by atoms with Gasteiger partial charge >= 0.3 is 0 Å². The highest BCUT2D eigenvalue weighted by Gasteiger charge is 2.15. The molecule has 0 amide bonds. The van der Waals surface area contributed by atoms with Crippen LogP contribution in [-0.2, 0) is 10.0 Å². The lowest BCUT2D eigenvalue weighted by Gasteiger charge is -2.17. The van der Waals surface area contributed by atoms with E-state index in [0.29, 0.717) is 12.3 Å². The molecule has 0 heterocycles. The second-order valence-electron chi connectivity index (χ2n) is 3.93. The highest BCUT2D eigenvalue weighted by molar-refractivity contribution is 7.89. The lowest BCUT2D eigenvalue weighted by Crippen LogP contribution is -2.38. The van der Waals surface area contributed by atoms with Gasteiger partial charge in [-0.2, -0.15) is 0 Å². The molecule has 2 N–H and O–H groups in total. The van der Waals surface area contributed by atoms with Gasteiger partial charge in [-0.3, -0.25) is 0 Å². The van der Waals surface area contributed by atoms with Gasteiger partial charge in [0.2, 0.25) is 10.0 Å². The SMILES string of the molecule is CNCCCS(=O)(=O)NC(C)C(C)C. The van der Waals surface area contributed by atoms with Gasteiger partial charge in [-0.15, -0.1) is 0 Å². The Morgan fingerprint density at radius 3 is 2.21 bits per heavy atom. The first kappa shape index (κ1) is 13.9. The normalized spacial score (nSPS) is 14.6. The van der Waals surface area contributed by atoms with Crippen molar-refractivity contribution in [3.8, 4) is 0 Å². The largest absolute Gasteiger partial charge is 0.320 e. The molecule has 0 saturated heterocycles. The summed E-state index contributed by atoms with van der Waals surface area (Å²) in [5, 5.41) is 2.92. The van der Waals surface area contributed by atoms with E-state index in [1.165, 1.54) is 0 Å². The summed E-state index contributed by atoms with van der Waals surface area (Å²) in [5.41, 5.74) is 0.